The molecule has 0 radical (unpaired) electrons. The first kappa shape index (κ1) is 20.2. The maximum atomic E-state index is 12.8. The standard InChI is InChI=1S/C21H20F3N3O3/c22-21(23,24)16-3-1-15(2-4-16)18-12-25-27-8-5-17(11-19(18)27)26(20(28)29)13-14-6-9-30-10-7-14/h1-5,8,11-12,14H,6-7,9-10,13H2,(H,28,29). The van der Waals surface area contributed by atoms with Gasteiger partial charge in [-0.05, 0) is 48.6 Å². The Morgan fingerprint density at radius 3 is 2.53 bits per heavy atom. The van der Waals surface area contributed by atoms with Crippen LogP contribution in [0.1, 0.15) is 18.4 Å². The molecule has 0 unspecified atom stereocenters. The van der Waals surface area contributed by atoms with Gasteiger partial charge in [0.1, 0.15) is 0 Å². The van der Waals surface area contributed by atoms with Crippen LogP contribution in [-0.4, -0.2) is 40.6 Å². The second-order valence-corrected chi connectivity index (χ2v) is 7.30. The molecule has 0 saturated carbocycles. The lowest BCUT2D eigenvalue weighted by Gasteiger charge is -2.28. The normalized spacial score (nSPS) is 15.4. The summed E-state index contributed by atoms with van der Waals surface area (Å²) in [5.74, 6) is 0.213. The van der Waals surface area contributed by atoms with Crippen molar-refractivity contribution in [3.63, 3.8) is 0 Å². The van der Waals surface area contributed by atoms with Gasteiger partial charge in [0, 0.05) is 31.5 Å². The number of halogens is 3. The number of fused-ring (bicyclic) bond motifs is 1. The molecule has 3 heterocycles. The van der Waals surface area contributed by atoms with Crippen LogP contribution in [0.15, 0.2) is 48.8 Å². The van der Waals surface area contributed by atoms with Gasteiger partial charge in [0.15, 0.2) is 0 Å². The fourth-order valence-corrected chi connectivity index (χ4v) is 3.68. The molecule has 1 fully saturated rings. The Hall–Kier alpha value is -3.07. The van der Waals surface area contributed by atoms with Gasteiger partial charge in [-0.2, -0.15) is 18.3 Å². The van der Waals surface area contributed by atoms with Gasteiger partial charge in [-0.15, -0.1) is 0 Å². The van der Waals surface area contributed by atoms with Crippen LogP contribution in [0.4, 0.5) is 23.7 Å². The predicted molar refractivity (Wildman–Crippen MR) is 105 cm³/mol. The van der Waals surface area contributed by atoms with Crippen LogP contribution in [0.3, 0.4) is 0 Å². The molecule has 158 valence electrons. The summed E-state index contributed by atoms with van der Waals surface area (Å²) in [5, 5.41) is 14.0. The van der Waals surface area contributed by atoms with E-state index < -0.39 is 17.8 Å². The number of hydrogen-bond acceptors (Lipinski definition) is 3. The van der Waals surface area contributed by atoms with Gasteiger partial charge in [0.2, 0.25) is 0 Å². The molecule has 1 aliphatic heterocycles. The lowest BCUT2D eigenvalue weighted by atomic mass is 9.99. The quantitative estimate of drug-likeness (QED) is 0.651. The van der Waals surface area contributed by atoms with Crippen LogP contribution in [0, 0.1) is 5.92 Å². The van der Waals surface area contributed by atoms with Crippen molar-refractivity contribution in [2.75, 3.05) is 24.7 Å². The van der Waals surface area contributed by atoms with Gasteiger partial charge in [-0.3, -0.25) is 4.90 Å². The first-order valence-corrected chi connectivity index (χ1v) is 9.56. The zero-order valence-corrected chi connectivity index (χ0v) is 16.0. The van der Waals surface area contributed by atoms with Crippen LogP contribution in [0.2, 0.25) is 0 Å². The SMILES string of the molecule is O=C(O)N(CC1CCOCC1)c1ccn2ncc(-c3ccc(C(F)(F)F)cc3)c2c1. The molecule has 1 aromatic carbocycles. The summed E-state index contributed by atoms with van der Waals surface area (Å²) < 4.78 is 45.4. The minimum Gasteiger partial charge on any atom is -0.465 e. The highest BCUT2D eigenvalue weighted by molar-refractivity contribution is 5.89. The van der Waals surface area contributed by atoms with Gasteiger partial charge < -0.3 is 9.84 Å². The number of amides is 1. The van der Waals surface area contributed by atoms with E-state index in [2.05, 4.69) is 5.10 Å². The van der Waals surface area contributed by atoms with Crippen molar-refractivity contribution >= 4 is 17.3 Å². The molecule has 1 N–H and O–H groups in total. The van der Waals surface area contributed by atoms with Crippen molar-refractivity contribution < 1.29 is 27.8 Å². The molecular formula is C21H20F3N3O3. The number of hydrogen-bond donors (Lipinski definition) is 1. The van der Waals surface area contributed by atoms with Gasteiger partial charge in [-0.25, -0.2) is 9.31 Å². The number of ether oxygens (including phenoxy) is 1. The fraction of sp³-hybridized carbons (Fsp3) is 0.333. The second kappa shape index (κ2) is 7.98. The topological polar surface area (TPSA) is 67.1 Å². The van der Waals surface area contributed by atoms with Gasteiger partial charge in [0.25, 0.3) is 0 Å². The first-order valence-electron chi connectivity index (χ1n) is 9.56. The van der Waals surface area contributed by atoms with E-state index in [4.69, 9.17) is 4.74 Å². The minimum atomic E-state index is -4.40. The average molecular weight is 419 g/mol. The number of nitrogens with zero attached hydrogens (tertiary/aromatic N) is 3. The third-order valence-electron chi connectivity index (χ3n) is 5.35. The highest BCUT2D eigenvalue weighted by Gasteiger charge is 2.30. The molecule has 0 aliphatic carbocycles. The Morgan fingerprint density at radius 1 is 1.20 bits per heavy atom. The number of anilines is 1. The molecule has 6 nitrogen and oxygen atoms in total. The third-order valence-corrected chi connectivity index (χ3v) is 5.35. The summed E-state index contributed by atoms with van der Waals surface area (Å²) in [5.41, 5.74) is 1.58. The summed E-state index contributed by atoms with van der Waals surface area (Å²) in [6.07, 6.45) is -0.644. The van der Waals surface area contributed by atoms with Crippen LogP contribution >= 0.6 is 0 Å². The Labute approximate surface area is 170 Å². The van der Waals surface area contributed by atoms with E-state index in [1.807, 2.05) is 0 Å². The molecule has 3 aromatic rings. The molecule has 1 aliphatic rings. The molecule has 1 amide bonds. The predicted octanol–water partition coefficient (Wildman–Crippen LogP) is 4.93. The molecule has 2 aromatic heterocycles. The van der Waals surface area contributed by atoms with E-state index in [9.17, 15) is 23.1 Å². The van der Waals surface area contributed by atoms with Crippen molar-refractivity contribution in [1.29, 1.82) is 0 Å². The zero-order chi connectivity index (χ0) is 21.3. The van der Waals surface area contributed by atoms with Crippen molar-refractivity contribution in [1.82, 2.24) is 9.61 Å². The molecule has 0 spiro atoms. The molecule has 9 heteroatoms. The van der Waals surface area contributed by atoms with Gasteiger partial charge in [0.05, 0.1) is 23.0 Å². The smallest absolute Gasteiger partial charge is 0.416 e. The molecule has 1 saturated heterocycles. The van der Waals surface area contributed by atoms with Crippen LogP contribution in [0.5, 0.6) is 0 Å². The maximum Gasteiger partial charge on any atom is 0.416 e. The van der Waals surface area contributed by atoms with Crippen LogP contribution < -0.4 is 4.90 Å². The number of pyridine rings is 1. The number of aromatic nitrogens is 2. The maximum absolute atomic E-state index is 12.8. The summed E-state index contributed by atoms with van der Waals surface area (Å²) in [6.45, 7) is 1.61. The van der Waals surface area contributed by atoms with E-state index in [-0.39, 0.29) is 5.92 Å². The molecule has 30 heavy (non-hydrogen) atoms. The monoisotopic (exact) mass is 419 g/mol. The van der Waals surface area contributed by atoms with E-state index in [1.54, 1.807) is 29.0 Å². The average Bonchev–Trinajstić information content (AvgIpc) is 3.15. The van der Waals surface area contributed by atoms with Crippen LogP contribution in [0.25, 0.3) is 16.6 Å². The fourth-order valence-electron chi connectivity index (χ4n) is 3.68. The molecule has 0 atom stereocenters. The first-order chi connectivity index (χ1) is 14.3. The van der Waals surface area contributed by atoms with E-state index >= 15 is 0 Å². The summed E-state index contributed by atoms with van der Waals surface area (Å²) in [6, 6.07) is 8.21. The number of carboxylic acid groups (broad SMARTS) is 1. The number of alkyl halides is 3. The summed E-state index contributed by atoms with van der Waals surface area (Å²) in [7, 11) is 0. The number of benzene rings is 1. The number of carbonyl (C=O) groups is 1. The van der Waals surface area contributed by atoms with Crippen molar-refractivity contribution in [3.8, 4) is 11.1 Å². The third kappa shape index (κ3) is 4.11. The van der Waals surface area contributed by atoms with Gasteiger partial charge >= 0.3 is 12.3 Å². The summed E-state index contributed by atoms with van der Waals surface area (Å²) in [4.78, 5) is 13.2. The largest absolute Gasteiger partial charge is 0.465 e. The Balaban J connectivity index is 1.67. The Kier molecular flexibility index (Phi) is 5.38. The highest BCUT2D eigenvalue weighted by atomic mass is 19.4. The molecule has 4 rings (SSSR count). The highest BCUT2D eigenvalue weighted by Crippen LogP contribution is 2.33. The lowest BCUT2D eigenvalue weighted by molar-refractivity contribution is -0.137. The van der Waals surface area contributed by atoms with Crippen molar-refractivity contribution in [2.24, 2.45) is 5.92 Å². The van der Waals surface area contributed by atoms with Crippen molar-refractivity contribution in [2.45, 2.75) is 19.0 Å². The zero-order valence-electron chi connectivity index (χ0n) is 16.0. The number of rotatable bonds is 4. The summed E-state index contributed by atoms with van der Waals surface area (Å²) >= 11 is 0. The second-order valence-electron chi connectivity index (χ2n) is 7.30. The van der Waals surface area contributed by atoms with Crippen molar-refractivity contribution in [3.05, 3.63) is 54.4 Å². The minimum absolute atomic E-state index is 0.213. The molecule has 0 bridgehead atoms. The van der Waals surface area contributed by atoms with E-state index in [0.717, 1.165) is 25.0 Å². The Bertz CT molecular complexity index is 1040. The van der Waals surface area contributed by atoms with Gasteiger partial charge in [-0.1, -0.05) is 12.1 Å². The van der Waals surface area contributed by atoms with Crippen LogP contribution in [-0.2, 0) is 10.9 Å². The van der Waals surface area contributed by atoms with E-state index in [1.165, 1.54) is 17.0 Å². The molecular weight excluding hydrogens is 399 g/mol. The van der Waals surface area contributed by atoms with E-state index in [0.29, 0.717) is 42.1 Å². The lowest BCUT2D eigenvalue weighted by Crippen LogP contribution is -2.36. The Morgan fingerprint density at radius 2 is 1.90 bits per heavy atom.